The van der Waals surface area contributed by atoms with Gasteiger partial charge in [0.25, 0.3) is 0 Å². The monoisotopic (exact) mass is 548 g/mol. The topological polar surface area (TPSA) is 84.5 Å². The second-order valence-electron chi connectivity index (χ2n) is 13.2. The Hall–Kier alpha value is -4.16. The Labute approximate surface area is 242 Å². The summed E-state index contributed by atoms with van der Waals surface area (Å²) < 4.78 is 24.8. The molecule has 2 aliphatic carbocycles. The fourth-order valence-corrected chi connectivity index (χ4v) is 8.54. The number of hydrogen-bond donors (Lipinski definition) is 0. The van der Waals surface area contributed by atoms with Gasteiger partial charge in [0, 0.05) is 5.41 Å². The van der Waals surface area contributed by atoms with Gasteiger partial charge in [-0.1, -0.05) is 27.7 Å². The van der Waals surface area contributed by atoms with Crippen LogP contribution in [0.15, 0.2) is 12.1 Å². The molecule has 0 bridgehead atoms. The molecule has 0 fully saturated rings. The molecule has 41 heavy (non-hydrogen) atoms. The second-order valence-corrected chi connectivity index (χ2v) is 13.2. The van der Waals surface area contributed by atoms with Crippen molar-refractivity contribution in [1.29, 1.82) is 10.5 Å². The van der Waals surface area contributed by atoms with E-state index in [9.17, 15) is 10.5 Å². The maximum Gasteiger partial charge on any atom is 0.189 e. The van der Waals surface area contributed by atoms with Crippen molar-refractivity contribution in [2.45, 2.75) is 84.5 Å². The average Bonchev–Trinajstić information content (AvgIpc) is 3.28. The fourth-order valence-electron chi connectivity index (χ4n) is 8.54. The van der Waals surface area contributed by atoms with Crippen molar-refractivity contribution >= 4 is 0 Å². The van der Waals surface area contributed by atoms with Crippen LogP contribution in [-0.2, 0) is 16.2 Å². The summed E-state index contributed by atoms with van der Waals surface area (Å²) in [6.07, 6.45) is 1.85. The van der Waals surface area contributed by atoms with E-state index in [2.05, 4.69) is 65.8 Å². The van der Waals surface area contributed by atoms with E-state index in [1.54, 1.807) is 14.2 Å². The lowest BCUT2D eigenvalue weighted by molar-refractivity contribution is 0.347. The van der Waals surface area contributed by atoms with Crippen LogP contribution in [0.5, 0.6) is 34.5 Å². The lowest BCUT2D eigenvalue weighted by atomic mass is 9.72. The van der Waals surface area contributed by atoms with Crippen LogP contribution < -0.4 is 18.9 Å². The Morgan fingerprint density at radius 1 is 0.683 bits per heavy atom. The number of hydrogen-bond acceptors (Lipinski definition) is 6. The minimum Gasteiger partial charge on any atom is -0.493 e. The van der Waals surface area contributed by atoms with Gasteiger partial charge >= 0.3 is 0 Å². The van der Waals surface area contributed by atoms with Crippen molar-refractivity contribution in [2.24, 2.45) is 0 Å². The smallest absolute Gasteiger partial charge is 0.189 e. The zero-order valence-corrected chi connectivity index (χ0v) is 25.6. The summed E-state index contributed by atoms with van der Waals surface area (Å²) in [5, 5.41) is 20.1. The van der Waals surface area contributed by atoms with Crippen molar-refractivity contribution in [1.82, 2.24) is 0 Å². The van der Waals surface area contributed by atoms with E-state index in [4.69, 9.17) is 18.9 Å². The van der Waals surface area contributed by atoms with Crippen LogP contribution >= 0.6 is 0 Å². The molecule has 0 aromatic heterocycles. The first kappa shape index (κ1) is 27.0. The summed E-state index contributed by atoms with van der Waals surface area (Å²) >= 11 is 0. The van der Waals surface area contributed by atoms with Gasteiger partial charge in [0.05, 0.1) is 14.2 Å². The molecule has 1 unspecified atom stereocenters. The summed E-state index contributed by atoms with van der Waals surface area (Å²) in [7, 11) is 3.39. The lowest BCUT2D eigenvalue weighted by Gasteiger charge is -2.31. The minimum absolute atomic E-state index is 0.102. The molecule has 6 nitrogen and oxygen atoms in total. The summed E-state index contributed by atoms with van der Waals surface area (Å²) in [4.78, 5) is 0. The first-order valence-corrected chi connectivity index (χ1v) is 14.1. The van der Waals surface area contributed by atoms with E-state index in [1.807, 2.05) is 13.8 Å². The van der Waals surface area contributed by atoms with Gasteiger partial charge < -0.3 is 18.9 Å². The first-order chi connectivity index (χ1) is 19.3. The summed E-state index contributed by atoms with van der Waals surface area (Å²) in [5.74, 6) is 3.37. The number of fused-ring (bicyclic) bond motifs is 6. The number of rotatable bonds is 2. The number of benzene rings is 3. The van der Waals surface area contributed by atoms with E-state index in [-0.39, 0.29) is 16.2 Å². The lowest BCUT2D eigenvalue weighted by Crippen LogP contribution is -2.27. The van der Waals surface area contributed by atoms with Gasteiger partial charge in [-0.3, -0.25) is 0 Å². The molecule has 1 heterocycles. The Morgan fingerprint density at radius 3 is 1.71 bits per heavy atom. The maximum absolute atomic E-state index is 10.1. The summed E-state index contributed by atoms with van der Waals surface area (Å²) in [5.41, 5.74) is 8.93. The van der Waals surface area contributed by atoms with E-state index < -0.39 is 0 Å². The van der Waals surface area contributed by atoms with Gasteiger partial charge in [0.1, 0.15) is 23.3 Å². The van der Waals surface area contributed by atoms with Crippen molar-refractivity contribution < 1.29 is 18.9 Å². The van der Waals surface area contributed by atoms with Gasteiger partial charge in [0.2, 0.25) is 0 Å². The highest BCUT2D eigenvalue weighted by molar-refractivity contribution is 5.75. The van der Waals surface area contributed by atoms with Gasteiger partial charge in [-0.05, 0) is 108 Å². The highest BCUT2D eigenvalue weighted by atomic mass is 16.6. The summed E-state index contributed by atoms with van der Waals surface area (Å²) in [6, 6.07) is 8.89. The highest BCUT2D eigenvalue weighted by Crippen LogP contribution is 2.67. The number of nitriles is 2. The van der Waals surface area contributed by atoms with Gasteiger partial charge in [-0.25, -0.2) is 0 Å². The fraction of sp³-hybridized carbons (Fsp3) is 0.429. The summed E-state index contributed by atoms with van der Waals surface area (Å²) in [6.45, 7) is 17.2. The molecule has 3 aromatic rings. The quantitative estimate of drug-likeness (QED) is 0.251. The highest BCUT2D eigenvalue weighted by Gasteiger charge is 2.58. The zero-order chi connectivity index (χ0) is 29.8. The van der Waals surface area contributed by atoms with Crippen LogP contribution in [0.3, 0.4) is 0 Å². The number of ether oxygens (including phenoxy) is 4. The van der Waals surface area contributed by atoms with E-state index in [0.717, 1.165) is 46.6 Å². The molecule has 1 aliphatic heterocycles. The van der Waals surface area contributed by atoms with Crippen LogP contribution in [0.25, 0.3) is 0 Å². The van der Waals surface area contributed by atoms with E-state index in [1.165, 1.54) is 22.3 Å². The van der Waals surface area contributed by atoms with Gasteiger partial charge in [0.15, 0.2) is 34.5 Å². The van der Waals surface area contributed by atoms with Gasteiger partial charge in [-0.2, -0.15) is 10.5 Å². The molecule has 6 heteroatoms. The van der Waals surface area contributed by atoms with Gasteiger partial charge in [-0.15, -0.1) is 0 Å². The molecule has 0 radical (unpaired) electrons. The molecular formula is C35H36N2O4. The molecule has 0 N–H and O–H groups in total. The molecule has 210 valence electrons. The van der Waals surface area contributed by atoms with Crippen LogP contribution in [0.1, 0.15) is 96.2 Å². The number of nitrogens with zero attached hydrogens (tertiary/aromatic N) is 2. The Kier molecular flexibility index (Phi) is 5.56. The second kappa shape index (κ2) is 8.43. The third-order valence-corrected chi connectivity index (χ3v) is 9.88. The van der Waals surface area contributed by atoms with E-state index >= 15 is 0 Å². The van der Waals surface area contributed by atoms with Crippen LogP contribution in [-0.4, -0.2) is 14.2 Å². The van der Waals surface area contributed by atoms with Crippen LogP contribution in [0, 0.1) is 50.4 Å². The van der Waals surface area contributed by atoms with Crippen molar-refractivity contribution in [3.05, 3.63) is 67.8 Å². The Morgan fingerprint density at radius 2 is 1.20 bits per heavy atom. The van der Waals surface area contributed by atoms with Crippen LogP contribution in [0.2, 0.25) is 0 Å². The SMILES string of the molecule is COc1cc2c(c(C)c1OC)C(C)(C)CC21CC(C)(C)c2c1cc1c(c2C)Oc2c(C#N)c(C)c(C)c(C#N)c2O1. The standard InChI is InChI=1S/C35H36N2O4/c1-17-18(2)22(14-37)32-31(21(17)13-36)40-26-12-24-28(20(4)30(26)41-32)34(7,8)16-35(24)15-33(5,6)27-19(3)29(39-10)25(38-9)11-23(27)35/h11-12H,15-16H2,1-10H3. The Balaban J connectivity index is 1.65. The average molecular weight is 549 g/mol. The predicted octanol–water partition coefficient (Wildman–Crippen LogP) is 8.23. The molecule has 1 atom stereocenters. The van der Waals surface area contributed by atoms with Crippen molar-refractivity contribution in [3.63, 3.8) is 0 Å². The minimum atomic E-state index is -0.273. The Bertz CT molecular complexity index is 1780. The zero-order valence-electron chi connectivity index (χ0n) is 25.6. The third kappa shape index (κ3) is 3.28. The maximum atomic E-state index is 10.1. The van der Waals surface area contributed by atoms with Crippen molar-refractivity contribution in [3.8, 4) is 46.6 Å². The molecular weight excluding hydrogens is 512 g/mol. The third-order valence-electron chi connectivity index (χ3n) is 9.88. The molecule has 0 saturated heterocycles. The molecule has 6 rings (SSSR count). The first-order valence-electron chi connectivity index (χ1n) is 14.1. The molecule has 0 amide bonds. The van der Waals surface area contributed by atoms with E-state index in [0.29, 0.717) is 34.1 Å². The molecule has 3 aromatic carbocycles. The molecule has 1 spiro atoms. The molecule has 0 saturated carbocycles. The predicted molar refractivity (Wildman–Crippen MR) is 157 cm³/mol. The largest absolute Gasteiger partial charge is 0.493 e. The normalized spacial score (nSPS) is 20.1. The van der Waals surface area contributed by atoms with Crippen LogP contribution in [0.4, 0.5) is 0 Å². The number of methoxy groups -OCH3 is 2. The molecule has 3 aliphatic rings. The van der Waals surface area contributed by atoms with Crippen molar-refractivity contribution in [2.75, 3.05) is 14.2 Å².